The van der Waals surface area contributed by atoms with Crippen molar-refractivity contribution in [3.63, 3.8) is 0 Å². The van der Waals surface area contributed by atoms with E-state index in [0.29, 0.717) is 0 Å². The van der Waals surface area contributed by atoms with Crippen LogP contribution in [0.2, 0.25) is 0 Å². The molecule has 0 saturated heterocycles. The fourth-order valence-electron chi connectivity index (χ4n) is 2.57. The zero-order valence-electron chi connectivity index (χ0n) is 12.3. The standard InChI is InChI=1S/C18H16N2O2/c1-14-6-8-15(9-7-14)12-19-13-16(10-11-20(21)22)17-4-2-3-5-18(17)19/h2-11,13H,12H2,1H3. The summed E-state index contributed by atoms with van der Waals surface area (Å²) >= 11 is 0. The molecule has 0 bridgehead atoms. The summed E-state index contributed by atoms with van der Waals surface area (Å²) in [5.41, 5.74) is 4.37. The number of aryl methyl sites for hydroxylation is 1. The van der Waals surface area contributed by atoms with Crippen molar-refractivity contribution in [3.8, 4) is 0 Å². The van der Waals surface area contributed by atoms with E-state index in [-0.39, 0.29) is 0 Å². The fraction of sp³-hybridized carbons (Fsp3) is 0.111. The van der Waals surface area contributed by atoms with Gasteiger partial charge in [-0.25, -0.2) is 0 Å². The fourth-order valence-corrected chi connectivity index (χ4v) is 2.57. The molecule has 0 aliphatic carbocycles. The summed E-state index contributed by atoms with van der Waals surface area (Å²) in [7, 11) is 0. The molecule has 0 amide bonds. The lowest BCUT2D eigenvalue weighted by molar-refractivity contribution is -0.400. The molecule has 3 rings (SSSR count). The maximum absolute atomic E-state index is 10.6. The highest BCUT2D eigenvalue weighted by molar-refractivity contribution is 5.89. The molecule has 2 aromatic carbocycles. The summed E-state index contributed by atoms with van der Waals surface area (Å²) in [5.74, 6) is 0. The first-order chi connectivity index (χ1) is 10.6. The number of hydrogen-bond acceptors (Lipinski definition) is 2. The van der Waals surface area contributed by atoms with E-state index in [1.807, 2.05) is 30.5 Å². The van der Waals surface area contributed by atoms with Gasteiger partial charge in [0.25, 0.3) is 0 Å². The molecule has 0 aliphatic rings. The molecule has 0 N–H and O–H groups in total. The number of nitrogens with zero attached hydrogens (tertiary/aromatic N) is 2. The first-order valence-corrected chi connectivity index (χ1v) is 7.08. The SMILES string of the molecule is Cc1ccc(Cn2cc(C=C[N+](=O)[O-])c3ccccc32)cc1. The number of benzene rings is 2. The van der Waals surface area contributed by atoms with Crippen molar-refractivity contribution < 1.29 is 4.92 Å². The summed E-state index contributed by atoms with van der Waals surface area (Å²) in [6, 6.07) is 16.3. The summed E-state index contributed by atoms with van der Waals surface area (Å²) < 4.78 is 2.12. The highest BCUT2D eigenvalue weighted by atomic mass is 16.6. The quantitative estimate of drug-likeness (QED) is 0.533. The molecule has 3 aromatic rings. The van der Waals surface area contributed by atoms with Gasteiger partial charge in [0.15, 0.2) is 0 Å². The molecule has 0 radical (unpaired) electrons. The maximum atomic E-state index is 10.6. The van der Waals surface area contributed by atoms with Crippen molar-refractivity contribution in [2.24, 2.45) is 0 Å². The number of hydrogen-bond donors (Lipinski definition) is 0. The summed E-state index contributed by atoms with van der Waals surface area (Å²) in [6.45, 7) is 2.81. The third kappa shape index (κ3) is 2.91. The van der Waals surface area contributed by atoms with E-state index >= 15 is 0 Å². The van der Waals surface area contributed by atoms with Crippen LogP contribution in [0.15, 0.2) is 60.9 Å². The van der Waals surface area contributed by atoms with E-state index in [9.17, 15) is 10.1 Å². The van der Waals surface area contributed by atoms with Crippen LogP contribution in [0.1, 0.15) is 16.7 Å². The van der Waals surface area contributed by atoms with Gasteiger partial charge in [-0.15, -0.1) is 0 Å². The summed E-state index contributed by atoms with van der Waals surface area (Å²) in [6.07, 6.45) is 4.50. The number of fused-ring (bicyclic) bond motifs is 1. The van der Waals surface area contributed by atoms with Gasteiger partial charge in [0.2, 0.25) is 6.20 Å². The van der Waals surface area contributed by atoms with Crippen LogP contribution < -0.4 is 0 Å². The lowest BCUT2D eigenvalue weighted by Crippen LogP contribution is -1.97. The molecular formula is C18H16N2O2. The van der Waals surface area contributed by atoms with Gasteiger partial charge in [0.1, 0.15) is 0 Å². The lowest BCUT2D eigenvalue weighted by atomic mass is 10.1. The zero-order chi connectivity index (χ0) is 15.5. The van der Waals surface area contributed by atoms with Gasteiger partial charge in [-0.3, -0.25) is 10.1 Å². The molecule has 4 heteroatoms. The minimum absolute atomic E-state index is 0.438. The molecular weight excluding hydrogens is 276 g/mol. The second-order valence-electron chi connectivity index (χ2n) is 5.32. The van der Waals surface area contributed by atoms with E-state index < -0.39 is 4.92 Å². The first kappa shape index (κ1) is 14.1. The van der Waals surface area contributed by atoms with Gasteiger partial charge >= 0.3 is 0 Å². The largest absolute Gasteiger partial charge is 0.342 e. The first-order valence-electron chi connectivity index (χ1n) is 7.08. The van der Waals surface area contributed by atoms with Gasteiger partial charge in [-0.2, -0.15) is 0 Å². The van der Waals surface area contributed by atoms with Crippen molar-refractivity contribution in [2.45, 2.75) is 13.5 Å². The predicted molar refractivity (Wildman–Crippen MR) is 88.2 cm³/mol. The normalized spacial score (nSPS) is 11.3. The molecule has 0 spiro atoms. The Kier molecular flexibility index (Phi) is 3.74. The van der Waals surface area contributed by atoms with E-state index in [1.54, 1.807) is 6.08 Å². The average Bonchev–Trinajstić information content (AvgIpc) is 2.86. The molecule has 0 unspecified atom stereocenters. The minimum atomic E-state index is -0.438. The Balaban J connectivity index is 2.02. The molecule has 0 fully saturated rings. The second-order valence-corrected chi connectivity index (χ2v) is 5.32. The third-order valence-corrected chi connectivity index (χ3v) is 3.67. The van der Waals surface area contributed by atoms with Crippen molar-refractivity contribution in [1.29, 1.82) is 0 Å². The number of rotatable bonds is 4. The Morgan fingerprint density at radius 2 is 1.86 bits per heavy atom. The van der Waals surface area contributed by atoms with Crippen molar-refractivity contribution in [2.75, 3.05) is 0 Å². The van der Waals surface area contributed by atoms with E-state index in [2.05, 4.69) is 35.8 Å². The zero-order valence-corrected chi connectivity index (χ0v) is 12.3. The molecule has 0 aliphatic heterocycles. The van der Waals surface area contributed by atoms with Crippen LogP contribution in [0.4, 0.5) is 0 Å². The van der Waals surface area contributed by atoms with Crippen molar-refractivity contribution >= 4 is 17.0 Å². The van der Waals surface area contributed by atoms with Crippen LogP contribution in [0.5, 0.6) is 0 Å². The third-order valence-electron chi connectivity index (χ3n) is 3.67. The molecule has 22 heavy (non-hydrogen) atoms. The van der Waals surface area contributed by atoms with E-state index in [0.717, 1.165) is 29.2 Å². The van der Waals surface area contributed by atoms with Gasteiger partial charge in [0, 0.05) is 35.3 Å². The second kappa shape index (κ2) is 5.85. The van der Waals surface area contributed by atoms with Crippen molar-refractivity contribution in [3.05, 3.63) is 87.7 Å². The number of para-hydroxylation sites is 1. The monoisotopic (exact) mass is 292 g/mol. The summed E-state index contributed by atoms with van der Waals surface area (Å²) in [4.78, 5) is 10.1. The maximum Gasteiger partial charge on any atom is 0.235 e. The number of aromatic nitrogens is 1. The van der Waals surface area contributed by atoms with E-state index in [4.69, 9.17) is 0 Å². The van der Waals surface area contributed by atoms with Gasteiger partial charge < -0.3 is 4.57 Å². The Morgan fingerprint density at radius 1 is 1.14 bits per heavy atom. The Labute approximate surface area is 128 Å². The van der Waals surface area contributed by atoms with Crippen LogP contribution in [0.3, 0.4) is 0 Å². The Bertz CT molecular complexity index is 845. The highest BCUT2D eigenvalue weighted by Gasteiger charge is 2.07. The lowest BCUT2D eigenvalue weighted by Gasteiger charge is -2.06. The van der Waals surface area contributed by atoms with Crippen LogP contribution in [-0.4, -0.2) is 9.49 Å². The molecule has 0 atom stereocenters. The van der Waals surface area contributed by atoms with Crippen LogP contribution >= 0.6 is 0 Å². The molecule has 4 nitrogen and oxygen atoms in total. The van der Waals surface area contributed by atoms with Gasteiger partial charge in [-0.1, -0.05) is 48.0 Å². The Morgan fingerprint density at radius 3 is 2.59 bits per heavy atom. The average molecular weight is 292 g/mol. The summed E-state index contributed by atoms with van der Waals surface area (Å²) in [5, 5.41) is 11.6. The Hall–Kier alpha value is -2.88. The van der Waals surface area contributed by atoms with Gasteiger partial charge in [-0.05, 0) is 18.6 Å². The van der Waals surface area contributed by atoms with Crippen molar-refractivity contribution in [1.82, 2.24) is 4.57 Å². The van der Waals surface area contributed by atoms with Crippen LogP contribution in [0.25, 0.3) is 17.0 Å². The van der Waals surface area contributed by atoms with Crippen LogP contribution in [-0.2, 0) is 6.54 Å². The minimum Gasteiger partial charge on any atom is -0.342 e. The van der Waals surface area contributed by atoms with Gasteiger partial charge in [0.05, 0.1) is 4.92 Å². The van der Waals surface area contributed by atoms with Crippen LogP contribution in [0, 0.1) is 17.0 Å². The molecule has 1 heterocycles. The van der Waals surface area contributed by atoms with E-state index in [1.165, 1.54) is 11.1 Å². The number of nitro groups is 1. The smallest absolute Gasteiger partial charge is 0.235 e. The topological polar surface area (TPSA) is 48.1 Å². The molecule has 1 aromatic heterocycles. The molecule has 0 saturated carbocycles. The predicted octanol–water partition coefficient (Wildman–Crippen LogP) is 4.25. The highest BCUT2D eigenvalue weighted by Crippen LogP contribution is 2.23. The molecule has 110 valence electrons.